The highest BCUT2D eigenvalue weighted by atomic mass is 35.5. The molecular weight excluding hydrogens is 381 g/mol. The van der Waals surface area contributed by atoms with Gasteiger partial charge in [0.05, 0.1) is 10.8 Å². The minimum Gasteiger partial charge on any atom is -0.317 e. The highest BCUT2D eigenvalue weighted by Crippen LogP contribution is 2.27. The Morgan fingerprint density at radius 3 is 2.84 bits per heavy atom. The van der Waals surface area contributed by atoms with E-state index in [4.69, 9.17) is 11.6 Å². The van der Waals surface area contributed by atoms with Gasteiger partial charge in [-0.05, 0) is 38.1 Å². The molecule has 25 heavy (non-hydrogen) atoms. The summed E-state index contributed by atoms with van der Waals surface area (Å²) in [5.41, 5.74) is 0. The van der Waals surface area contributed by atoms with Crippen molar-refractivity contribution in [2.75, 3.05) is 24.2 Å². The fourth-order valence-corrected chi connectivity index (χ4v) is 3.67. The second kappa shape index (κ2) is 9.43. The standard InChI is InChI=1S/C16H20ClN5OS.ClH/c1-22-16(20-15(21-22)11-6-8-18-9-7-11)19-14(23)10-24-13-5-3-2-4-12(13)17;/h2-5,11,18H,6-10H2,1H3,(H,19,20,21,23);1H. The quantitative estimate of drug-likeness (QED) is 0.753. The number of piperidine rings is 1. The summed E-state index contributed by atoms with van der Waals surface area (Å²) < 4.78 is 1.63. The summed E-state index contributed by atoms with van der Waals surface area (Å²) in [4.78, 5) is 17.6. The fourth-order valence-electron chi connectivity index (χ4n) is 2.63. The van der Waals surface area contributed by atoms with Crippen molar-refractivity contribution in [3.63, 3.8) is 0 Å². The van der Waals surface area contributed by atoms with Crippen LogP contribution in [0.25, 0.3) is 0 Å². The Labute approximate surface area is 162 Å². The van der Waals surface area contributed by atoms with E-state index in [2.05, 4.69) is 20.7 Å². The molecule has 1 aliphatic rings. The van der Waals surface area contributed by atoms with E-state index in [1.165, 1.54) is 11.8 Å². The van der Waals surface area contributed by atoms with Crippen molar-refractivity contribution in [1.29, 1.82) is 0 Å². The van der Waals surface area contributed by atoms with Crippen LogP contribution in [0.5, 0.6) is 0 Å². The maximum absolute atomic E-state index is 12.2. The van der Waals surface area contributed by atoms with Gasteiger partial charge in [0.1, 0.15) is 0 Å². The number of carbonyl (C=O) groups is 1. The smallest absolute Gasteiger partial charge is 0.237 e. The minimum absolute atomic E-state index is 0. The molecule has 2 heterocycles. The summed E-state index contributed by atoms with van der Waals surface area (Å²) in [6.45, 7) is 1.97. The first kappa shape index (κ1) is 20.0. The first-order valence-corrected chi connectivity index (χ1v) is 9.28. The minimum atomic E-state index is -0.118. The van der Waals surface area contributed by atoms with E-state index in [-0.39, 0.29) is 24.1 Å². The van der Waals surface area contributed by atoms with Crippen molar-refractivity contribution >= 4 is 47.6 Å². The zero-order valence-electron chi connectivity index (χ0n) is 13.9. The topological polar surface area (TPSA) is 71.8 Å². The van der Waals surface area contributed by atoms with E-state index in [9.17, 15) is 4.79 Å². The lowest BCUT2D eigenvalue weighted by molar-refractivity contribution is -0.113. The Hall–Kier alpha value is -1.28. The molecule has 0 bridgehead atoms. The predicted molar refractivity (Wildman–Crippen MR) is 104 cm³/mol. The molecule has 3 rings (SSSR count). The molecule has 6 nitrogen and oxygen atoms in total. The number of thioether (sulfide) groups is 1. The number of benzene rings is 1. The van der Waals surface area contributed by atoms with E-state index >= 15 is 0 Å². The number of carbonyl (C=O) groups excluding carboxylic acids is 1. The second-order valence-corrected chi connectivity index (χ2v) is 7.13. The van der Waals surface area contributed by atoms with Crippen LogP contribution in [-0.4, -0.2) is 39.5 Å². The van der Waals surface area contributed by atoms with Gasteiger partial charge < -0.3 is 5.32 Å². The van der Waals surface area contributed by atoms with Gasteiger partial charge in [0.2, 0.25) is 11.9 Å². The van der Waals surface area contributed by atoms with Gasteiger partial charge in [-0.1, -0.05) is 23.7 Å². The van der Waals surface area contributed by atoms with Crippen molar-refractivity contribution in [1.82, 2.24) is 20.1 Å². The monoisotopic (exact) mass is 401 g/mol. The van der Waals surface area contributed by atoms with Gasteiger partial charge in [-0.15, -0.1) is 24.2 Å². The van der Waals surface area contributed by atoms with Crippen molar-refractivity contribution in [3.05, 3.63) is 35.1 Å². The number of amides is 1. The first-order chi connectivity index (χ1) is 11.6. The van der Waals surface area contributed by atoms with Gasteiger partial charge in [-0.2, -0.15) is 10.1 Å². The number of hydrogen-bond donors (Lipinski definition) is 2. The number of rotatable bonds is 5. The highest BCUT2D eigenvalue weighted by molar-refractivity contribution is 8.00. The Bertz CT molecular complexity index is 718. The predicted octanol–water partition coefficient (Wildman–Crippen LogP) is 3.09. The van der Waals surface area contributed by atoms with Gasteiger partial charge in [-0.25, -0.2) is 4.68 Å². The van der Waals surface area contributed by atoms with E-state index < -0.39 is 0 Å². The normalized spacial score (nSPS) is 14.8. The van der Waals surface area contributed by atoms with Crippen LogP contribution in [-0.2, 0) is 11.8 Å². The van der Waals surface area contributed by atoms with E-state index in [0.717, 1.165) is 36.7 Å². The third-order valence-electron chi connectivity index (χ3n) is 3.93. The molecule has 0 saturated carbocycles. The molecular formula is C16H21Cl2N5OS. The average molecular weight is 402 g/mol. The summed E-state index contributed by atoms with van der Waals surface area (Å²) in [6.07, 6.45) is 2.06. The summed E-state index contributed by atoms with van der Waals surface area (Å²) >= 11 is 7.50. The molecule has 1 fully saturated rings. The van der Waals surface area contributed by atoms with Crippen LogP contribution in [0, 0.1) is 0 Å². The number of hydrogen-bond acceptors (Lipinski definition) is 5. The molecule has 0 radical (unpaired) electrons. The van der Waals surface area contributed by atoms with Crippen LogP contribution in [0.4, 0.5) is 5.95 Å². The third-order valence-corrected chi connectivity index (χ3v) is 5.45. The number of nitrogens with one attached hydrogen (secondary N) is 2. The van der Waals surface area contributed by atoms with Crippen molar-refractivity contribution in [2.45, 2.75) is 23.7 Å². The second-order valence-electron chi connectivity index (χ2n) is 5.71. The molecule has 1 saturated heterocycles. The lowest BCUT2D eigenvalue weighted by Crippen LogP contribution is -2.27. The molecule has 136 valence electrons. The zero-order chi connectivity index (χ0) is 16.9. The van der Waals surface area contributed by atoms with Gasteiger partial charge >= 0.3 is 0 Å². The van der Waals surface area contributed by atoms with Gasteiger partial charge in [0.15, 0.2) is 5.82 Å². The molecule has 1 aromatic heterocycles. The molecule has 0 aliphatic carbocycles. The number of aromatic nitrogens is 3. The van der Waals surface area contributed by atoms with Gasteiger partial charge in [0.25, 0.3) is 0 Å². The maximum Gasteiger partial charge on any atom is 0.237 e. The van der Waals surface area contributed by atoms with Crippen LogP contribution in [0.15, 0.2) is 29.2 Å². The molecule has 0 unspecified atom stereocenters. The van der Waals surface area contributed by atoms with Crippen LogP contribution in [0.3, 0.4) is 0 Å². The molecule has 2 aromatic rings. The lowest BCUT2D eigenvalue weighted by Gasteiger charge is -2.19. The SMILES string of the molecule is Cl.Cn1nc(C2CCNCC2)nc1NC(=O)CSc1ccccc1Cl. The van der Waals surface area contributed by atoms with Gasteiger partial charge in [-0.3, -0.25) is 10.1 Å². The maximum atomic E-state index is 12.2. The molecule has 0 spiro atoms. The van der Waals surface area contributed by atoms with Crippen LogP contribution < -0.4 is 10.6 Å². The zero-order valence-corrected chi connectivity index (χ0v) is 16.3. The molecule has 1 aromatic carbocycles. The number of halogens is 2. The van der Waals surface area contributed by atoms with Crippen molar-refractivity contribution < 1.29 is 4.79 Å². The van der Waals surface area contributed by atoms with Crippen LogP contribution in [0.2, 0.25) is 5.02 Å². The lowest BCUT2D eigenvalue weighted by atomic mass is 9.98. The molecule has 9 heteroatoms. The third kappa shape index (κ3) is 5.34. The van der Waals surface area contributed by atoms with E-state index in [1.807, 2.05) is 24.3 Å². The summed E-state index contributed by atoms with van der Waals surface area (Å²) in [5.74, 6) is 1.83. The molecule has 1 amide bonds. The summed E-state index contributed by atoms with van der Waals surface area (Å²) in [6, 6.07) is 7.49. The molecule has 0 atom stereocenters. The number of anilines is 1. The van der Waals surface area contributed by atoms with Crippen molar-refractivity contribution in [2.24, 2.45) is 7.05 Å². The fraction of sp³-hybridized carbons (Fsp3) is 0.438. The molecule has 2 N–H and O–H groups in total. The summed E-state index contributed by atoms with van der Waals surface area (Å²) in [5, 5.41) is 11.3. The largest absolute Gasteiger partial charge is 0.317 e. The van der Waals surface area contributed by atoms with E-state index in [1.54, 1.807) is 11.7 Å². The summed E-state index contributed by atoms with van der Waals surface area (Å²) in [7, 11) is 1.80. The first-order valence-electron chi connectivity index (χ1n) is 7.92. The Morgan fingerprint density at radius 2 is 2.12 bits per heavy atom. The Balaban J connectivity index is 0.00000225. The Kier molecular flexibility index (Phi) is 7.56. The van der Waals surface area contributed by atoms with Gasteiger partial charge in [0, 0.05) is 17.9 Å². The average Bonchev–Trinajstić information content (AvgIpc) is 2.96. The van der Waals surface area contributed by atoms with E-state index in [0.29, 0.717) is 16.9 Å². The number of aryl methyl sites for hydroxylation is 1. The highest BCUT2D eigenvalue weighted by Gasteiger charge is 2.21. The molecule has 1 aliphatic heterocycles. The van der Waals surface area contributed by atoms with Crippen LogP contribution in [0.1, 0.15) is 24.6 Å². The van der Waals surface area contributed by atoms with Crippen molar-refractivity contribution in [3.8, 4) is 0 Å². The Morgan fingerprint density at radius 1 is 1.40 bits per heavy atom. The van der Waals surface area contributed by atoms with Crippen LogP contribution >= 0.6 is 35.8 Å². The number of nitrogens with zero attached hydrogens (tertiary/aromatic N) is 3.